The van der Waals surface area contributed by atoms with Crippen LogP contribution >= 0.6 is 0 Å². The maximum absolute atomic E-state index is 13.1. The zero-order valence-corrected chi connectivity index (χ0v) is 15.5. The highest BCUT2D eigenvalue weighted by Gasteiger charge is 2.40. The molecule has 0 radical (unpaired) electrons. The Labute approximate surface area is 164 Å². The van der Waals surface area contributed by atoms with Crippen LogP contribution in [0.5, 0.6) is 5.75 Å². The zero-order valence-electron chi connectivity index (χ0n) is 15.5. The van der Waals surface area contributed by atoms with Gasteiger partial charge in [0.15, 0.2) is 5.60 Å². The molecular weight excluding hydrogens is 352 g/mol. The topological polar surface area (TPSA) is 81.9 Å². The molecule has 3 aromatic rings. The van der Waals surface area contributed by atoms with Crippen LogP contribution in [0.1, 0.15) is 30.0 Å². The smallest absolute Gasteiger partial charge is 0.281 e. The molecule has 5 heteroatoms. The molecule has 28 heavy (non-hydrogen) atoms. The Morgan fingerprint density at radius 2 is 1.39 bits per heavy atom. The second-order valence-electron chi connectivity index (χ2n) is 6.31. The molecule has 0 aromatic heterocycles. The highest BCUT2D eigenvalue weighted by molar-refractivity contribution is 6.03. The average Bonchev–Trinajstić information content (AvgIpc) is 2.75. The molecule has 5 nitrogen and oxygen atoms in total. The lowest BCUT2D eigenvalue weighted by Crippen LogP contribution is -2.44. The largest absolute Gasteiger partial charge is 0.507 e. The number of nitrogens with one attached hydrogen (secondary N) is 1. The molecular formula is C23H22N2O3. The number of phenols is 1. The third-order valence-corrected chi connectivity index (χ3v) is 4.55. The van der Waals surface area contributed by atoms with E-state index in [-0.39, 0.29) is 5.75 Å². The van der Waals surface area contributed by atoms with Crippen molar-refractivity contribution in [2.75, 3.05) is 0 Å². The van der Waals surface area contributed by atoms with E-state index in [1.165, 1.54) is 0 Å². The van der Waals surface area contributed by atoms with Crippen LogP contribution in [-0.4, -0.2) is 21.8 Å². The maximum atomic E-state index is 13.1. The summed E-state index contributed by atoms with van der Waals surface area (Å²) >= 11 is 0. The van der Waals surface area contributed by atoms with E-state index in [0.29, 0.717) is 28.8 Å². The number of rotatable bonds is 6. The predicted molar refractivity (Wildman–Crippen MR) is 109 cm³/mol. The van der Waals surface area contributed by atoms with Crippen LogP contribution in [0, 0.1) is 0 Å². The molecule has 0 aliphatic heterocycles. The summed E-state index contributed by atoms with van der Waals surface area (Å²) in [6.07, 6.45) is 0.493. The highest BCUT2D eigenvalue weighted by Crippen LogP contribution is 2.30. The molecule has 0 bridgehead atoms. The highest BCUT2D eigenvalue weighted by atomic mass is 16.3. The van der Waals surface area contributed by atoms with Crippen LogP contribution in [0.15, 0.2) is 90.0 Å². The number of para-hydroxylation sites is 1. The summed E-state index contributed by atoms with van der Waals surface area (Å²) in [7, 11) is 0. The molecule has 0 heterocycles. The van der Waals surface area contributed by atoms with Crippen molar-refractivity contribution in [3.05, 3.63) is 102 Å². The summed E-state index contributed by atoms with van der Waals surface area (Å²) in [6.45, 7) is 1.87. The molecule has 0 atom stereocenters. The van der Waals surface area contributed by atoms with Gasteiger partial charge in [0.05, 0.1) is 5.71 Å². The molecule has 0 aliphatic rings. The summed E-state index contributed by atoms with van der Waals surface area (Å²) in [5, 5.41) is 25.6. The van der Waals surface area contributed by atoms with Crippen molar-refractivity contribution in [2.24, 2.45) is 5.10 Å². The van der Waals surface area contributed by atoms with Crippen molar-refractivity contribution < 1.29 is 15.0 Å². The van der Waals surface area contributed by atoms with Gasteiger partial charge in [-0.05, 0) is 29.7 Å². The maximum Gasteiger partial charge on any atom is 0.281 e. The fraction of sp³-hybridized carbons (Fsp3) is 0.130. The number of carbonyl (C=O) groups is 1. The van der Waals surface area contributed by atoms with E-state index in [1.807, 2.05) is 19.1 Å². The van der Waals surface area contributed by atoms with Gasteiger partial charge in [-0.25, -0.2) is 5.43 Å². The van der Waals surface area contributed by atoms with E-state index in [4.69, 9.17) is 0 Å². The third kappa shape index (κ3) is 3.80. The number of carbonyl (C=O) groups excluding carboxylic acids is 1. The number of aromatic hydroxyl groups is 1. The molecule has 0 saturated heterocycles. The first-order valence-corrected chi connectivity index (χ1v) is 9.06. The number of hydrazone groups is 1. The summed E-state index contributed by atoms with van der Waals surface area (Å²) < 4.78 is 0. The quantitative estimate of drug-likeness (QED) is 0.456. The van der Waals surface area contributed by atoms with E-state index in [1.54, 1.807) is 72.8 Å². The van der Waals surface area contributed by atoms with Gasteiger partial charge in [-0.1, -0.05) is 79.7 Å². The lowest BCUT2D eigenvalue weighted by Gasteiger charge is -2.27. The van der Waals surface area contributed by atoms with Crippen LogP contribution in [0.4, 0.5) is 0 Å². The van der Waals surface area contributed by atoms with Gasteiger partial charge in [-0.15, -0.1) is 0 Å². The van der Waals surface area contributed by atoms with E-state index in [0.717, 1.165) is 0 Å². The monoisotopic (exact) mass is 374 g/mol. The van der Waals surface area contributed by atoms with Crippen molar-refractivity contribution in [3.63, 3.8) is 0 Å². The summed E-state index contributed by atoms with van der Waals surface area (Å²) in [4.78, 5) is 13.1. The second-order valence-corrected chi connectivity index (χ2v) is 6.31. The van der Waals surface area contributed by atoms with Crippen LogP contribution in [0.25, 0.3) is 0 Å². The Bertz CT molecular complexity index is 930. The Morgan fingerprint density at radius 3 is 1.89 bits per heavy atom. The van der Waals surface area contributed by atoms with Gasteiger partial charge < -0.3 is 10.2 Å². The fourth-order valence-corrected chi connectivity index (χ4v) is 3.03. The van der Waals surface area contributed by atoms with Gasteiger partial charge in [0, 0.05) is 5.56 Å². The molecule has 142 valence electrons. The van der Waals surface area contributed by atoms with Crippen molar-refractivity contribution >= 4 is 11.6 Å². The van der Waals surface area contributed by atoms with E-state index in [2.05, 4.69) is 10.5 Å². The van der Waals surface area contributed by atoms with Gasteiger partial charge in [-0.2, -0.15) is 5.10 Å². The molecule has 3 rings (SSSR count). The number of nitrogens with zero attached hydrogens (tertiary/aromatic N) is 1. The molecule has 0 fully saturated rings. The number of hydrogen-bond acceptors (Lipinski definition) is 4. The first-order valence-electron chi connectivity index (χ1n) is 9.06. The van der Waals surface area contributed by atoms with Gasteiger partial charge >= 0.3 is 0 Å². The van der Waals surface area contributed by atoms with Gasteiger partial charge in [0.1, 0.15) is 5.75 Å². The van der Waals surface area contributed by atoms with Gasteiger partial charge in [0.25, 0.3) is 5.91 Å². The van der Waals surface area contributed by atoms with E-state index < -0.39 is 11.5 Å². The number of phenolic OH excluding ortho intramolecular Hbond substituents is 1. The van der Waals surface area contributed by atoms with Gasteiger partial charge in [-0.3, -0.25) is 4.79 Å². The Balaban J connectivity index is 1.98. The van der Waals surface area contributed by atoms with Crippen molar-refractivity contribution in [3.8, 4) is 5.75 Å². The number of benzene rings is 3. The first kappa shape index (κ1) is 19.3. The number of hydrogen-bond donors (Lipinski definition) is 3. The van der Waals surface area contributed by atoms with Crippen LogP contribution < -0.4 is 5.43 Å². The van der Waals surface area contributed by atoms with E-state index >= 15 is 0 Å². The van der Waals surface area contributed by atoms with Crippen LogP contribution in [0.2, 0.25) is 0 Å². The Hall–Kier alpha value is -3.44. The minimum Gasteiger partial charge on any atom is -0.507 e. The predicted octanol–water partition coefficient (Wildman–Crippen LogP) is 3.56. The SMILES string of the molecule is CC/C(=N\NC(=O)C(O)(c1ccccc1)c1ccccc1)c1ccccc1O. The second kappa shape index (κ2) is 8.50. The molecule has 0 saturated carbocycles. The van der Waals surface area contributed by atoms with E-state index in [9.17, 15) is 15.0 Å². The first-order chi connectivity index (χ1) is 13.6. The summed E-state index contributed by atoms with van der Waals surface area (Å²) in [5.74, 6) is -0.593. The molecule has 0 spiro atoms. The Kier molecular flexibility index (Phi) is 5.87. The molecule has 3 N–H and O–H groups in total. The lowest BCUT2D eigenvalue weighted by atomic mass is 9.85. The third-order valence-electron chi connectivity index (χ3n) is 4.55. The molecule has 0 unspecified atom stereocenters. The molecule has 1 amide bonds. The van der Waals surface area contributed by atoms with Gasteiger partial charge in [0.2, 0.25) is 0 Å². The normalized spacial score (nSPS) is 11.9. The number of aliphatic hydroxyl groups is 1. The Morgan fingerprint density at radius 1 is 0.893 bits per heavy atom. The number of amides is 1. The van der Waals surface area contributed by atoms with Crippen molar-refractivity contribution in [2.45, 2.75) is 18.9 Å². The lowest BCUT2D eigenvalue weighted by molar-refractivity contribution is -0.136. The molecule has 3 aromatic carbocycles. The standard InChI is InChI=1S/C23H22N2O3/c1-2-20(19-15-9-10-16-21(19)26)24-25-22(27)23(28,17-11-5-3-6-12-17)18-13-7-4-8-14-18/h3-16,26,28H,2H2,1H3,(H,25,27)/b24-20+. The minimum atomic E-state index is -1.90. The van der Waals surface area contributed by atoms with Crippen LogP contribution in [-0.2, 0) is 10.4 Å². The minimum absolute atomic E-state index is 0.0822. The average molecular weight is 374 g/mol. The summed E-state index contributed by atoms with van der Waals surface area (Å²) in [6, 6.07) is 24.3. The van der Waals surface area contributed by atoms with Crippen molar-refractivity contribution in [1.29, 1.82) is 0 Å². The molecule has 0 aliphatic carbocycles. The zero-order chi connectivity index (χ0) is 20.0. The summed E-state index contributed by atoms with van der Waals surface area (Å²) in [5.41, 5.74) is 2.51. The van der Waals surface area contributed by atoms with Crippen molar-refractivity contribution in [1.82, 2.24) is 5.43 Å². The van der Waals surface area contributed by atoms with Crippen LogP contribution in [0.3, 0.4) is 0 Å². The fourth-order valence-electron chi connectivity index (χ4n) is 3.03.